The van der Waals surface area contributed by atoms with Gasteiger partial charge in [-0.2, -0.15) is 5.10 Å². The molecule has 1 aromatic heterocycles. The maximum atomic E-state index is 12.5. The molecule has 3 aromatic rings. The van der Waals surface area contributed by atoms with Crippen LogP contribution in [0.25, 0.3) is 0 Å². The molecule has 1 amide bonds. The van der Waals surface area contributed by atoms with Crippen LogP contribution in [0.5, 0.6) is 0 Å². The van der Waals surface area contributed by atoms with Crippen LogP contribution in [0.15, 0.2) is 71.5 Å². The minimum Gasteiger partial charge on any atom is -0.320 e. The van der Waals surface area contributed by atoms with E-state index in [0.29, 0.717) is 6.54 Å². The summed E-state index contributed by atoms with van der Waals surface area (Å²) in [4.78, 5) is 24.5. The maximum absolute atomic E-state index is 12.5. The normalized spacial score (nSPS) is 10.4. The zero-order chi connectivity index (χ0) is 17.6. The van der Waals surface area contributed by atoms with Crippen LogP contribution >= 0.6 is 0 Å². The fourth-order valence-corrected chi connectivity index (χ4v) is 2.58. The van der Waals surface area contributed by atoms with Crippen LogP contribution < -0.4 is 10.9 Å². The van der Waals surface area contributed by atoms with E-state index < -0.39 is 0 Å². The van der Waals surface area contributed by atoms with Crippen molar-refractivity contribution in [2.45, 2.75) is 19.9 Å². The molecular formula is C20H19N3O2. The van der Waals surface area contributed by atoms with Crippen molar-refractivity contribution in [3.8, 4) is 0 Å². The number of aromatic nitrogens is 2. The minimum absolute atomic E-state index is 0.210. The number of hydrogen-bond acceptors (Lipinski definition) is 3. The lowest BCUT2D eigenvalue weighted by atomic mass is 10.1. The SMILES string of the molecule is CCc1ccccc1NC(=O)c1ccc(=O)n(Cc2ccccc2)n1. The highest BCUT2D eigenvalue weighted by Gasteiger charge is 2.12. The lowest BCUT2D eigenvalue weighted by Gasteiger charge is -2.10. The molecule has 5 nitrogen and oxygen atoms in total. The molecule has 0 aliphatic heterocycles. The minimum atomic E-state index is -0.331. The molecule has 0 aliphatic rings. The van der Waals surface area contributed by atoms with Crippen molar-refractivity contribution in [1.29, 1.82) is 0 Å². The summed E-state index contributed by atoms with van der Waals surface area (Å²) in [5, 5.41) is 7.08. The maximum Gasteiger partial charge on any atom is 0.276 e. The van der Waals surface area contributed by atoms with Gasteiger partial charge in [-0.15, -0.1) is 0 Å². The molecule has 0 atom stereocenters. The first-order chi connectivity index (χ1) is 12.2. The summed E-state index contributed by atoms with van der Waals surface area (Å²) < 4.78 is 1.30. The predicted molar refractivity (Wildman–Crippen MR) is 97.8 cm³/mol. The topological polar surface area (TPSA) is 64.0 Å². The first-order valence-corrected chi connectivity index (χ1v) is 8.18. The van der Waals surface area contributed by atoms with E-state index in [1.54, 1.807) is 0 Å². The van der Waals surface area contributed by atoms with Crippen molar-refractivity contribution in [2.75, 3.05) is 5.32 Å². The lowest BCUT2D eigenvalue weighted by molar-refractivity contribution is 0.102. The molecule has 25 heavy (non-hydrogen) atoms. The molecule has 0 radical (unpaired) electrons. The van der Waals surface area contributed by atoms with Gasteiger partial charge in [-0.05, 0) is 29.7 Å². The second-order valence-corrected chi connectivity index (χ2v) is 5.66. The number of carbonyl (C=O) groups excluding carboxylic acids is 1. The highest BCUT2D eigenvalue weighted by Crippen LogP contribution is 2.16. The third kappa shape index (κ3) is 4.01. The molecule has 0 spiro atoms. The average Bonchev–Trinajstić information content (AvgIpc) is 2.65. The highest BCUT2D eigenvalue weighted by atomic mass is 16.2. The third-order valence-corrected chi connectivity index (χ3v) is 3.92. The molecule has 1 N–H and O–H groups in total. The molecular weight excluding hydrogens is 314 g/mol. The van der Waals surface area contributed by atoms with Crippen molar-refractivity contribution in [2.24, 2.45) is 0 Å². The number of amides is 1. The smallest absolute Gasteiger partial charge is 0.276 e. The first-order valence-electron chi connectivity index (χ1n) is 8.18. The molecule has 0 saturated heterocycles. The Morgan fingerprint density at radius 3 is 2.48 bits per heavy atom. The monoisotopic (exact) mass is 333 g/mol. The Morgan fingerprint density at radius 1 is 1.00 bits per heavy atom. The average molecular weight is 333 g/mol. The van der Waals surface area contributed by atoms with Crippen molar-refractivity contribution in [3.63, 3.8) is 0 Å². The zero-order valence-electron chi connectivity index (χ0n) is 14.0. The van der Waals surface area contributed by atoms with E-state index in [9.17, 15) is 9.59 Å². The zero-order valence-corrected chi connectivity index (χ0v) is 14.0. The molecule has 1 heterocycles. The number of hydrogen-bond donors (Lipinski definition) is 1. The number of rotatable bonds is 5. The van der Waals surface area contributed by atoms with Gasteiger partial charge in [-0.1, -0.05) is 55.5 Å². The van der Waals surface area contributed by atoms with Crippen LogP contribution in [0.4, 0.5) is 5.69 Å². The van der Waals surface area contributed by atoms with Gasteiger partial charge in [0.25, 0.3) is 11.5 Å². The van der Waals surface area contributed by atoms with Gasteiger partial charge >= 0.3 is 0 Å². The summed E-state index contributed by atoms with van der Waals surface area (Å²) >= 11 is 0. The van der Waals surface area contributed by atoms with E-state index in [-0.39, 0.29) is 17.2 Å². The lowest BCUT2D eigenvalue weighted by Crippen LogP contribution is -2.26. The second kappa shape index (κ2) is 7.57. The van der Waals surface area contributed by atoms with E-state index >= 15 is 0 Å². The van der Waals surface area contributed by atoms with Gasteiger partial charge in [0.2, 0.25) is 0 Å². The van der Waals surface area contributed by atoms with Gasteiger partial charge in [0, 0.05) is 11.8 Å². The van der Waals surface area contributed by atoms with Gasteiger partial charge in [-0.25, -0.2) is 4.68 Å². The van der Waals surface area contributed by atoms with E-state index in [4.69, 9.17) is 0 Å². The number of nitrogens with zero attached hydrogens (tertiary/aromatic N) is 2. The Balaban J connectivity index is 1.84. The Bertz CT molecular complexity index is 933. The number of nitrogens with one attached hydrogen (secondary N) is 1. The van der Waals surface area contributed by atoms with Crippen LogP contribution in [-0.4, -0.2) is 15.7 Å². The van der Waals surface area contributed by atoms with Crippen LogP contribution in [0, 0.1) is 0 Å². The predicted octanol–water partition coefficient (Wildman–Crippen LogP) is 3.11. The summed E-state index contributed by atoms with van der Waals surface area (Å²) in [5.74, 6) is -0.331. The molecule has 0 aliphatic carbocycles. The van der Waals surface area contributed by atoms with Gasteiger partial charge in [0.05, 0.1) is 6.54 Å². The summed E-state index contributed by atoms with van der Waals surface area (Å²) in [6, 6.07) is 20.0. The number of carbonyl (C=O) groups is 1. The summed E-state index contributed by atoms with van der Waals surface area (Å²) in [5.41, 5.74) is 2.73. The van der Waals surface area contributed by atoms with Crippen LogP contribution in [-0.2, 0) is 13.0 Å². The standard InChI is InChI=1S/C20H19N3O2/c1-2-16-10-6-7-11-17(16)21-20(25)18-12-13-19(24)23(22-18)14-15-8-4-3-5-9-15/h3-13H,2,14H2,1H3,(H,21,25). The molecule has 0 unspecified atom stereocenters. The second-order valence-electron chi connectivity index (χ2n) is 5.66. The number of para-hydroxylation sites is 1. The van der Waals surface area contributed by atoms with E-state index in [1.165, 1.54) is 16.8 Å². The molecule has 126 valence electrons. The number of benzene rings is 2. The van der Waals surface area contributed by atoms with Gasteiger partial charge in [-0.3, -0.25) is 9.59 Å². The van der Waals surface area contributed by atoms with E-state index in [0.717, 1.165) is 23.2 Å². The van der Waals surface area contributed by atoms with Crippen LogP contribution in [0.1, 0.15) is 28.5 Å². The molecule has 3 rings (SSSR count). The highest BCUT2D eigenvalue weighted by molar-refractivity contribution is 6.03. The van der Waals surface area contributed by atoms with Crippen molar-refractivity contribution in [3.05, 3.63) is 93.9 Å². The van der Waals surface area contributed by atoms with Gasteiger partial charge in [0.15, 0.2) is 0 Å². The number of anilines is 1. The van der Waals surface area contributed by atoms with Crippen LogP contribution in [0.2, 0.25) is 0 Å². The van der Waals surface area contributed by atoms with Gasteiger partial charge < -0.3 is 5.32 Å². The fourth-order valence-electron chi connectivity index (χ4n) is 2.58. The summed E-state index contributed by atoms with van der Waals surface area (Å²) in [6.07, 6.45) is 0.817. The van der Waals surface area contributed by atoms with Crippen LogP contribution in [0.3, 0.4) is 0 Å². The summed E-state index contributed by atoms with van der Waals surface area (Å²) in [6.45, 7) is 2.36. The fraction of sp³-hybridized carbons (Fsp3) is 0.150. The molecule has 2 aromatic carbocycles. The molecule has 5 heteroatoms. The van der Waals surface area contributed by atoms with Crippen molar-refractivity contribution >= 4 is 11.6 Å². The molecule has 0 saturated carbocycles. The third-order valence-electron chi connectivity index (χ3n) is 3.92. The number of aryl methyl sites for hydroxylation is 1. The molecule has 0 fully saturated rings. The van der Waals surface area contributed by atoms with Crippen molar-refractivity contribution < 1.29 is 4.79 Å². The Kier molecular flexibility index (Phi) is 5.04. The first kappa shape index (κ1) is 16.6. The van der Waals surface area contributed by atoms with E-state index in [1.807, 2.05) is 61.5 Å². The van der Waals surface area contributed by atoms with Gasteiger partial charge in [0.1, 0.15) is 5.69 Å². The van der Waals surface area contributed by atoms with E-state index in [2.05, 4.69) is 10.4 Å². The molecule has 0 bridgehead atoms. The Labute approximate surface area is 145 Å². The largest absolute Gasteiger partial charge is 0.320 e. The summed E-state index contributed by atoms with van der Waals surface area (Å²) in [7, 11) is 0. The Hall–Kier alpha value is -3.21. The quantitative estimate of drug-likeness (QED) is 0.780. The van der Waals surface area contributed by atoms with Crippen molar-refractivity contribution in [1.82, 2.24) is 9.78 Å². The Morgan fingerprint density at radius 2 is 1.72 bits per heavy atom.